The number of halogens is 5. The molecule has 0 saturated carbocycles. The molecule has 1 aromatic heterocycles. The van der Waals surface area contributed by atoms with Crippen LogP contribution < -0.4 is 0 Å². The van der Waals surface area contributed by atoms with E-state index in [4.69, 9.17) is 5.11 Å². The molecule has 4 nitrogen and oxygen atoms in total. The lowest BCUT2D eigenvalue weighted by molar-refractivity contribution is -0.137. The SMILES string of the molecule is O=C(O)Cn1cc2cc(S(F)(F)(F)(F)F)ccc2n1. The molecule has 2 aromatic rings. The first kappa shape index (κ1) is 13.6. The summed E-state index contributed by atoms with van der Waals surface area (Å²) in [5.41, 5.74) is 0.00634. The van der Waals surface area contributed by atoms with Gasteiger partial charge in [0.2, 0.25) is 0 Å². The predicted molar refractivity (Wildman–Crippen MR) is 58.8 cm³/mol. The topological polar surface area (TPSA) is 55.1 Å². The molecule has 0 unspecified atom stereocenters. The average Bonchev–Trinajstić information content (AvgIpc) is 2.53. The molecule has 0 radical (unpaired) electrons. The van der Waals surface area contributed by atoms with Crippen LogP contribution in [0.3, 0.4) is 0 Å². The van der Waals surface area contributed by atoms with Crippen molar-refractivity contribution in [2.75, 3.05) is 0 Å². The largest absolute Gasteiger partial charge is 0.480 e. The lowest BCUT2D eigenvalue weighted by Gasteiger charge is -2.40. The van der Waals surface area contributed by atoms with E-state index in [-0.39, 0.29) is 23.0 Å². The van der Waals surface area contributed by atoms with Gasteiger partial charge in [0.1, 0.15) is 11.4 Å². The standard InChI is InChI=1S/C9H7F5N2O2S/c10-19(11,12,13,14)7-1-2-8-6(3-7)4-16(15-8)5-9(17)18/h1-4H,5H2,(H,17,18). The van der Waals surface area contributed by atoms with E-state index in [1.807, 2.05) is 0 Å². The maximum Gasteiger partial charge on any atom is 0.325 e. The summed E-state index contributed by atoms with van der Waals surface area (Å²) in [6.07, 6.45) is 0.969. The molecule has 1 N–H and O–H groups in total. The smallest absolute Gasteiger partial charge is 0.325 e. The highest BCUT2D eigenvalue weighted by atomic mass is 32.5. The molecule has 0 aliphatic rings. The normalized spacial score (nSPS) is 16.1. The Balaban J connectivity index is 2.57. The van der Waals surface area contributed by atoms with Crippen LogP contribution in [0.25, 0.3) is 10.9 Å². The summed E-state index contributed by atoms with van der Waals surface area (Å²) in [7, 11) is -9.73. The van der Waals surface area contributed by atoms with Gasteiger partial charge < -0.3 is 5.11 Å². The lowest BCUT2D eigenvalue weighted by atomic mass is 10.3. The molecule has 1 aromatic carbocycles. The molecule has 0 spiro atoms. The molecule has 0 fully saturated rings. The number of carbonyl (C=O) groups is 1. The fourth-order valence-electron chi connectivity index (χ4n) is 1.51. The number of aliphatic carboxylic acids is 1. The van der Waals surface area contributed by atoms with E-state index in [2.05, 4.69) is 5.10 Å². The highest BCUT2D eigenvalue weighted by Crippen LogP contribution is 3.02. The van der Waals surface area contributed by atoms with E-state index in [0.29, 0.717) is 0 Å². The summed E-state index contributed by atoms with van der Waals surface area (Å²) in [4.78, 5) is 8.39. The van der Waals surface area contributed by atoms with Crippen molar-refractivity contribution >= 4 is 27.1 Å². The van der Waals surface area contributed by atoms with Gasteiger partial charge in [-0.15, -0.1) is 0 Å². The number of aromatic nitrogens is 2. The lowest BCUT2D eigenvalue weighted by Crippen LogP contribution is -2.08. The Hall–Kier alpha value is -1.84. The molecule has 0 atom stereocenters. The number of rotatable bonds is 3. The summed E-state index contributed by atoms with van der Waals surface area (Å²) in [5.74, 6) is -1.25. The minimum absolute atomic E-state index is 0.00634. The number of carboxylic acids is 1. The first-order valence-corrected chi connectivity index (χ1v) is 6.73. The van der Waals surface area contributed by atoms with Crippen LogP contribution in [-0.4, -0.2) is 20.9 Å². The average molecular weight is 302 g/mol. The van der Waals surface area contributed by atoms with E-state index >= 15 is 0 Å². The Morgan fingerprint density at radius 3 is 2.42 bits per heavy atom. The minimum atomic E-state index is -9.73. The van der Waals surface area contributed by atoms with Crippen molar-refractivity contribution in [2.45, 2.75) is 11.4 Å². The van der Waals surface area contributed by atoms with Crippen molar-refractivity contribution in [1.82, 2.24) is 9.78 Å². The monoisotopic (exact) mass is 302 g/mol. The summed E-state index contributed by atoms with van der Waals surface area (Å²) >= 11 is 0. The molecule has 0 aliphatic carbocycles. The van der Waals surface area contributed by atoms with Crippen LogP contribution >= 0.6 is 10.2 Å². The second-order valence-corrected chi connectivity index (χ2v) is 6.32. The van der Waals surface area contributed by atoms with Crippen LogP contribution in [0.5, 0.6) is 0 Å². The third kappa shape index (κ3) is 2.95. The fourth-order valence-corrected chi connectivity index (χ4v) is 2.19. The van der Waals surface area contributed by atoms with Gasteiger partial charge in [0.15, 0.2) is 0 Å². The molecule has 10 heteroatoms. The van der Waals surface area contributed by atoms with Gasteiger partial charge in [0.25, 0.3) is 0 Å². The van der Waals surface area contributed by atoms with Crippen molar-refractivity contribution in [3.05, 3.63) is 24.4 Å². The van der Waals surface area contributed by atoms with Gasteiger partial charge >= 0.3 is 16.2 Å². The number of hydrogen-bond donors (Lipinski definition) is 1. The maximum atomic E-state index is 12.6. The second kappa shape index (κ2) is 3.18. The van der Waals surface area contributed by atoms with E-state index < -0.39 is 27.6 Å². The number of hydrogen-bond acceptors (Lipinski definition) is 2. The zero-order valence-electron chi connectivity index (χ0n) is 9.06. The van der Waals surface area contributed by atoms with Gasteiger partial charge in [0, 0.05) is 11.6 Å². The molecule has 106 valence electrons. The highest BCUT2D eigenvalue weighted by molar-refractivity contribution is 8.45. The fraction of sp³-hybridized carbons (Fsp3) is 0.111. The Morgan fingerprint density at radius 1 is 1.26 bits per heavy atom. The zero-order chi connectivity index (χ0) is 14.5. The van der Waals surface area contributed by atoms with Gasteiger partial charge in [0.05, 0.1) is 5.52 Å². The zero-order valence-corrected chi connectivity index (χ0v) is 9.88. The summed E-state index contributed by atoms with van der Waals surface area (Å²) in [6, 6.07) is 1.28. The third-order valence-corrected chi connectivity index (χ3v) is 3.41. The first-order chi connectivity index (χ1) is 8.35. The Bertz CT molecular complexity index is 679. The van der Waals surface area contributed by atoms with Gasteiger partial charge in [-0.2, -0.15) is 5.10 Å². The molecule has 19 heavy (non-hydrogen) atoms. The Kier molecular flexibility index (Phi) is 2.28. The van der Waals surface area contributed by atoms with Gasteiger partial charge in [-0.25, -0.2) is 0 Å². The van der Waals surface area contributed by atoms with E-state index in [1.165, 1.54) is 0 Å². The van der Waals surface area contributed by atoms with Crippen LogP contribution in [-0.2, 0) is 11.3 Å². The van der Waals surface area contributed by atoms with E-state index in [9.17, 15) is 24.2 Å². The van der Waals surface area contributed by atoms with Crippen LogP contribution in [0.2, 0.25) is 0 Å². The van der Waals surface area contributed by atoms with Crippen molar-refractivity contribution in [3.63, 3.8) is 0 Å². The second-order valence-electron chi connectivity index (χ2n) is 3.91. The predicted octanol–water partition coefficient (Wildman–Crippen LogP) is 3.78. The molecular formula is C9H7F5N2O2S. The van der Waals surface area contributed by atoms with Gasteiger partial charge in [-0.05, 0) is 18.2 Å². The molecule has 0 saturated heterocycles. The van der Waals surface area contributed by atoms with Crippen LogP contribution in [0.1, 0.15) is 0 Å². The van der Waals surface area contributed by atoms with Gasteiger partial charge in [-0.3, -0.25) is 9.48 Å². The van der Waals surface area contributed by atoms with Crippen molar-refractivity contribution in [1.29, 1.82) is 0 Å². The molecule has 0 amide bonds. The van der Waals surface area contributed by atoms with Crippen molar-refractivity contribution in [2.24, 2.45) is 0 Å². The van der Waals surface area contributed by atoms with Gasteiger partial charge in [-0.1, -0.05) is 19.4 Å². The Morgan fingerprint density at radius 2 is 1.89 bits per heavy atom. The molecular weight excluding hydrogens is 295 g/mol. The maximum absolute atomic E-state index is 12.6. The molecule has 0 bridgehead atoms. The molecule has 0 aliphatic heterocycles. The summed E-state index contributed by atoms with van der Waals surface area (Å²) in [5, 5.41) is 12.0. The molecule has 1 heterocycles. The quantitative estimate of drug-likeness (QED) is 0.878. The summed E-state index contributed by atoms with van der Waals surface area (Å²) in [6.45, 7) is -0.569. The van der Waals surface area contributed by atoms with E-state index in [1.54, 1.807) is 0 Å². The number of carboxylic acid groups (broad SMARTS) is 1. The summed E-state index contributed by atoms with van der Waals surface area (Å²) < 4.78 is 63.7. The Labute approximate surface area is 103 Å². The highest BCUT2D eigenvalue weighted by Gasteiger charge is 2.65. The van der Waals surface area contributed by atoms with Crippen molar-refractivity contribution < 1.29 is 29.3 Å². The minimum Gasteiger partial charge on any atom is -0.480 e. The van der Waals surface area contributed by atoms with Crippen molar-refractivity contribution in [3.8, 4) is 0 Å². The molecule has 2 rings (SSSR count). The van der Waals surface area contributed by atoms with Crippen LogP contribution in [0.15, 0.2) is 29.3 Å². The van der Waals surface area contributed by atoms with E-state index in [0.717, 1.165) is 16.9 Å². The number of benzene rings is 1. The van der Waals surface area contributed by atoms with Crippen LogP contribution in [0, 0.1) is 0 Å². The third-order valence-electron chi connectivity index (χ3n) is 2.27. The number of fused-ring (bicyclic) bond motifs is 1. The van der Waals surface area contributed by atoms with Crippen LogP contribution in [0.4, 0.5) is 19.4 Å². The number of nitrogens with zero attached hydrogens (tertiary/aromatic N) is 2. The first-order valence-electron chi connectivity index (χ1n) is 4.78.